The molecule has 3 aromatic rings. The van der Waals surface area contributed by atoms with E-state index in [1.54, 1.807) is 19.2 Å². The Bertz CT molecular complexity index is 864. The molecule has 8 heteroatoms. The average molecular weight is 468 g/mol. The van der Waals surface area contributed by atoms with Crippen molar-refractivity contribution in [1.29, 1.82) is 0 Å². The minimum absolute atomic E-state index is 0. The molecule has 0 aliphatic heterocycles. The standard InChI is InChI=1S/C18H21FN6.HI/c1-20-18(21-11-9-14-6-2-3-7-15(14)19)22-12-10-17-24-23-16-8-4-5-13-25(16)17;/h2-8,13H,9-12H2,1H3,(H2,20,21,22);1H. The molecule has 0 spiro atoms. The predicted octanol–water partition coefficient (Wildman–Crippen LogP) is 2.44. The number of rotatable bonds is 6. The van der Waals surface area contributed by atoms with Crippen molar-refractivity contribution in [2.75, 3.05) is 20.1 Å². The molecule has 138 valence electrons. The van der Waals surface area contributed by atoms with Gasteiger partial charge in [-0.1, -0.05) is 24.3 Å². The molecule has 2 heterocycles. The zero-order valence-electron chi connectivity index (χ0n) is 14.5. The molecule has 26 heavy (non-hydrogen) atoms. The van der Waals surface area contributed by atoms with Gasteiger partial charge in [-0.3, -0.25) is 9.39 Å². The fourth-order valence-corrected chi connectivity index (χ4v) is 2.59. The predicted molar refractivity (Wildman–Crippen MR) is 112 cm³/mol. The normalized spacial score (nSPS) is 11.2. The van der Waals surface area contributed by atoms with Crippen LogP contribution in [0.4, 0.5) is 4.39 Å². The van der Waals surface area contributed by atoms with E-state index < -0.39 is 0 Å². The Morgan fingerprint density at radius 3 is 2.54 bits per heavy atom. The summed E-state index contributed by atoms with van der Waals surface area (Å²) >= 11 is 0. The first kappa shape index (κ1) is 20.1. The van der Waals surface area contributed by atoms with Crippen LogP contribution in [0.15, 0.2) is 53.7 Å². The van der Waals surface area contributed by atoms with Crippen LogP contribution in [-0.2, 0) is 12.8 Å². The zero-order chi connectivity index (χ0) is 17.5. The van der Waals surface area contributed by atoms with Gasteiger partial charge < -0.3 is 10.6 Å². The second-order valence-electron chi connectivity index (χ2n) is 5.56. The highest BCUT2D eigenvalue weighted by Crippen LogP contribution is 2.06. The molecular formula is C18H22FIN6. The maximum Gasteiger partial charge on any atom is 0.191 e. The van der Waals surface area contributed by atoms with Gasteiger partial charge in [0.05, 0.1) is 0 Å². The fourth-order valence-electron chi connectivity index (χ4n) is 2.59. The number of halogens is 2. The summed E-state index contributed by atoms with van der Waals surface area (Å²) < 4.78 is 15.6. The summed E-state index contributed by atoms with van der Waals surface area (Å²) in [6, 6.07) is 12.6. The first-order valence-corrected chi connectivity index (χ1v) is 8.24. The monoisotopic (exact) mass is 468 g/mol. The molecule has 0 fully saturated rings. The topological polar surface area (TPSA) is 66.6 Å². The van der Waals surface area contributed by atoms with Crippen molar-refractivity contribution in [1.82, 2.24) is 25.2 Å². The first-order chi connectivity index (χ1) is 12.3. The van der Waals surface area contributed by atoms with E-state index in [0.717, 1.165) is 17.9 Å². The molecule has 0 aliphatic carbocycles. The van der Waals surface area contributed by atoms with Crippen LogP contribution >= 0.6 is 24.0 Å². The number of nitrogens with zero attached hydrogens (tertiary/aromatic N) is 4. The molecule has 0 amide bonds. The van der Waals surface area contributed by atoms with Crippen LogP contribution in [0, 0.1) is 5.82 Å². The number of hydrogen-bond acceptors (Lipinski definition) is 3. The Morgan fingerprint density at radius 2 is 1.77 bits per heavy atom. The molecule has 2 aromatic heterocycles. The van der Waals surface area contributed by atoms with Gasteiger partial charge in [0.25, 0.3) is 0 Å². The highest BCUT2D eigenvalue weighted by atomic mass is 127. The summed E-state index contributed by atoms with van der Waals surface area (Å²) in [5, 5.41) is 14.8. The Kier molecular flexibility index (Phi) is 7.76. The fraction of sp³-hybridized carbons (Fsp3) is 0.278. The quantitative estimate of drug-likeness (QED) is 0.332. The summed E-state index contributed by atoms with van der Waals surface area (Å²) in [6.07, 6.45) is 3.27. The Labute approximate surface area is 169 Å². The van der Waals surface area contributed by atoms with Crippen LogP contribution < -0.4 is 10.6 Å². The Balaban J connectivity index is 0.00000243. The molecule has 2 N–H and O–H groups in total. The molecule has 1 aromatic carbocycles. The van der Waals surface area contributed by atoms with E-state index >= 15 is 0 Å². The largest absolute Gasteiger partial charge is 0.356 e. The van der Waals surface area contributed by atoms with Crippen molar-refractivity contribution in [3.05, 3.63) is 65.9 Å². The number of guanidine groups is 1. The van der Waals surface area contributed by atoms with Crippen molar-refractivity contribution in [3.63, 3.8) is 0 Å². The summed E-state index contributed by atoms with van der Waals surface area (Å²) in [6.45, 7) is 1.28. The minimum Gasteiger partial charge on any atom is -0.356 e. The molecule has 6 nitrogen and oxygen atoms in total. The Hall–Kier alpha value is -2.23. The first-order valence-electron chi connectivity index (χ1n) is 8.24. The number of hydrogen-bond donors (Lipinski definition) is 2. The minimum atomic E-state index is -0.175. The van der Waals surface area contributed by atoms with Gasteiger partial charge in [-0.2, -0.15) is 0 Å². The number of fused-ring (bicyclic) bond motifs is 1. The zero-order valence-corrected chi connectivity index (χ0v) is 16.9. The van der Waals surface area contributed by atoms with Crippen LogP contribution in [0.3, 0.4) is 0 Å². The number of nitrogens with one attached hydrogen (secondary N) is 2. The van der Waals surface area contributed by atoms with Gasteiger partial charge in [-0.15, -0.1) is 34.2 Å². The molecule has 0 unspecified atom stereocenters. The third-order valence-corrected chi connectivity index (χ3v) is 3.89. The van der Waals surface area contributed by atoms with E-state index in [-0.39, 0.29) is 29.8 Å². The van der Waals surface area contributed by atoms with E-state index in [4.69, 9.17) is 0 Å². The van der Waals surface area contributed by atoms with Crippen LogP contribution in [0.5, 0.6) is 0 Å². The number of aliphatic imine (C=N–C) groups is 1. The van der Waals surface area contributed by atoms with Crippen LogP contribution in [0.1, 0.15) is 11.4 Å². The lowest BCUT2D eigenvalue weighted by Crippen LogP contribution is -2.39. The van der Waals surface area contributed by atoms with Crippen LogP contribution in [0.2, 0.25) is 0 Å². The molecular weight excluding hydrogens is 446 g/mol. The average Bonchev–Trinajstić information content (AvgIpc) is 3.05. The molecule has 0 bridgehead atoms. The van der Waals surface area contributed by atoms with Gasteiger partial charge in [0.15, 0.2) is 11.6 Å². The van der Waals surface area contributed by atoms with Gasteiger partial charge in [-0.25, -0.2) is 4.39 Å². The van der Waals surface area contributed by atoms with Crippen molar-refractivity contribution in [2.24, 2.45) is 4.99 Å². The SMILES string of the molecule is CN=C(NCCc1ccccc1F)NCCc1nnc2ccccn12.I. The van der Waals surface area contributed by atoms with E-state index in [9.17, 15) is 4.39 Å². The van der Waals surface area contributed by atoms with Gasteiger partial charge in [0.1, 0.15) is 11.6 Å². The number of pyridine rings is 1. The van der Waals surface area contributed by atoms with E-state index in [2.05, 4.69) is 25.8 Å². The maximum atomic E-state index is 13.6. The van der Waals surface area contributed by atoms with Crippen molar-refractivity contribution in [2.45, 2.75) is 12.8 Å². The lowest BCUT2D eigenvalue weighted by molar-refractivity contribution is 0.606. The highest BCUT2D eigenvalue weighted by molar-refractivity contribution is 14.0. The highest BCUT2D eigenvalue weighted by Gasteiger charge is 2.05. The lowest BCUT2D eigenvalue weighted by atomic mass is 10.1. The second-order valence-corrected chi connectivity index (χ2v) is 5.56. The van der Waals surface area contributed by atoms with E-state index in [0.29, 0.717) is 31.0 Å². The molecule has 0 atom stereocenters. The molecule has 0 aliphatic rings. The summed E-state index contributed by atoms with van der Waals surface area (Å²) in [4.78, 5) is 4.18. The third kappa shape index (κ3) is 5.13. The van der Waals surface area contributed by atoms with Gasteiger partial charge in [-0.05, 0) is 30.2 Å². The number of benzene rings is 1. The van der Waals surface area contributed by atoms with Gasteiger partial charge in [0.2, 0.25) is 0 Å². The third-order valence-electron chi connectivity index (χ3n) is 3.89. The lowest BCUT2D eigenvalue weighted by Gasteiger charge is -2.11. The maximum absolute atomic E-state index is 13.6. The molecule has 3 rings (SSSR count). The molecule has 0 radical (unpaired) electrons. The van der Waals surface area contributed by atoms with E-state index in [1.165, 1.54) is 6.07 Å². The van der Waals surface area contributed by atoms with Crippen molar-refractivity contribution < 1.29 is 4.39 Å². The van der Waals surface area contributed by atoms with Crippen LogP contribution in [-0.4, -0.2) is 40.7 Å². The number of aromatic nitrogens is 3. The smallest absolute Gasteiger partial charge is 0.191 e. The van der Waals surface area contributed by atoms with Gasteiger partial charge >= 0.3 is 0 Å². The van der Waals surface area contributed by atoms with Gasteiger partial charge in [0, 0.05) is 32.8 Å². The Morgan fingerprint density at radius 1 is 1.04 bits per heavy atom. The summed E-state index contributed by atoms with van der Waals surface area (Å²) in [5.41, 5.74) is 1.53. The van der Waals surface area contributed by atoms with Crippen LogP contribution in [0.25, 0.3) is 5.65 Å². The van der Waals surface area contributed by atoms with E-state index in [1.807, 2.05) is 34.9 Å². The van der Waals surface area contributed by atoms with Crippen molar-refractivity contribution >= 4 is 35.6 Å². The molecule has 0 saturated heterocycles. The summed E-state index contributed by atoms with van der Waals surface area (Å²) in [7, 11) is 1.71. The van der Waals surface area contributed by atoms with Crippen molar-refractivity contribution in [3.8, 4) is 0 Å². The summed E-state index contributed by atoms with van der Waals surface area (Å²) in [5.74, 6) is 1.40. The second kappa shape index (κ2) is 10.0. The molecule has 0 saturated carbocycles.